The summed E-state index contributed by atoms with van der Waals surface area (Å²) in [4.78, 5) is 10.3. The highest BCUT2D eigenvalue weighted by Crippen LogP contribution is 2.29. The van der Waals surface area contributed by atoms with Crippen molar-refractivity contribution < 1.29 is 18.0 Å². The van der Waals surface area contributed by atoms with Crippen LogP contribution in [-0.2, 0) is 4.84 Å². The number of thiazole rings is 1. The molecule has 0 radical (unpaired) electrons. The van der Waals surface area contributed by atoms with Crippen LogP contribution in [0.2, 0.25) is 0 Å². The monoisotopic (exact) mass is 336 g/mol. The van der Waals surface area contributed by atoms with E-state index in [1.807, 2.05) is 6.92 Å². The van der Waals surface area contributed by atoms with Crippen molar-refractivity contribution >= 4 is 28.8 Å². The van der Waals surface area contributed by atoms with Crippen molar-refractivity contribution in [1.82, 2.24) is 4.98 Å². The number of aromatic nitrogens is 1. The van der Waals surface area contributed by atoms with Gasteiger partial charge in [0, 0.05) is 18.4 Å². The van der Waals surface area contributed by atoms with Gasteiger partial charge < -0.3 is 4.84 Å². The number of allylic oxidation sites excluding steroid dienone is 1. The average molecular weight is 336 g/mol. The second-order valence-corrected chi connectivity index (χ2v) is 7.04. The third-order valence-corrected chi connectivity index (χ3v) is 5.07. The maximum Gasteiger partial charge on any atom is 0.301 e. The van der Waals surface area contributed by atoms with Crippen molar-refractivity contribution in [2.75, 3.05) is 12.4 Å². The topological polar surface area (TPSA) is 34.5 Å². The van der Waals surface area contributed by atoms with Crippen molar-refractivity contribution in [1.29, 1.82) is 0 Å². The van der Waals surface area contributed by atoms with E-state index in [0.717, 1.165) is 10.6 Å². The van der Waals surface area contributed by atoms with E-state index in [2.05, 4.69) is 10.1 Å². The lowest BCUT2D eigenvalue weighted by Crippen LogP contribution is -1.95. The molecule has 0 N–H and O–H groups in total. The number of hydrogen-bond donors (Lipinski definition) is 0. The first-order chi connectivity index (χ1) is 10.1. The van der Waals surface area contributed by atoms with Crippen molar-refractivity contribution in [3.05, 3.63) is 23.0 Å². The highest BCUT2D eigenvalue weighted by atomic mass is 32.2. The quantitative estimate of drug-likeness (QED) is 0.386. The summed E-state index contributed by atoms with van der Waals surface area (Å²) in [5.41, 5.74) is 0.737. The first-order valence-corrected chi connectivity index (χ1v) is 8.31. The SMILES string of the molecule is C/C(=N\OCC1CC1)c1cnc(SCCC(F)=C(F)F)s1. The van der Waals surface area contributed by atoms with E-state index in [-0.39, 0.29) is 12.2 Å². The van der Waals surface area contributed by atoms with E-state index in [9.17, 15) is 13.2 Å². The van der Waals surface area contributed by atoms with Crippen LogP contribution in [0.15, 0.2) is 27.6 Å². The zero-order valence-corrected chi connectivity index (χ0v) is 13.1. The molecule has 1 aliphatic rings. The minimum atomic E-state index is -2.24. The van der Waals surface area contributed by atoms with Crippen LogP contribution in [0.25, 0.3) is 0 Å². The Morgan fingerprint density at radius 3 is 2.90 bits per heavy atom. The first-order valence-electron chi connectivity index (χ1n) is 6.51. The van der Waals surface area contributed by atoms with Crippen LogP contribution in [-0.4, -0.2) is 23.1 Å². The fourth-order valence-corrected chi connectivity index (χ4v) is 3.31. The van der Waals surface area contributed by atoms with Crippen LogP contribution in [0, 0.1) is 5.92 Å². The Balaban J connectivity index is 1.78. The van der Waals surface area contributed by atoms with Crippen LogP contribution >= 0.6 is 23.1 Å². The maximum absolute atomic E-state index is 12.6. The third kappa shape index (κ3) is 5.70. The van der Waals surface area contributed by atoms with E-state index >= 15 is 0 Å². The molecular formula is C13H15F3N2OS2. The van der Waals surface area contributed by atoms with E-state index < -0.39 is 11.9 Å². The molecule has 21 heavy (non-hydrogen) atoms. The molecule has 1 aliphatic carbocycles. The van der Waals surface area contributed by atoms with E-state index in [0.29, 0.717) is 16.9 Å². The Hall–Kier alpha value is -1.02. The molecule has 3 nitrogen and oxygen atoms in total. The molecule has 0 bridgehead atoms. The summed E-state index contributed by atoms with van der Waals surface area (Å²) < 4.78 is 37.1. The van der Waals surface area contributed by atoms with Crippen LogP contribution in [0.3, 0.4) is 0 Å². The number of nitrogens with zero attached hydrogens (tertiary/aromatic N) is 2. The van der Waals surface area contributed by atoms with Gasteiger partial charge >= 0.3 is 6.08 Å². The Bertz CT molecular complexity index is 537. The molecule has 2 rings (SSSR count). The van der Waals surface area contributed by atoms with Gasteiger partial charge in [-0.1, -0.05) is 16.9 Å². The van der Waals surface area contributed by atoms with Crippen LogP contribution in [0.5, 0.6) is 0 Å². The number of rotatable bonds is 8. The third-order valence-electron chi connectivity index (χ3n) is 2.80. The number of halogens is 3. The van der Waals surface area contributed by atoms with Crippen LogP contribution in [0.4, 0.5) is 13.2 Å². The van der Waals surface area contributed by atoms with Crippen LogP contribution in [0.1, 0.15) is 31.1 Å². The molecule has 0 unspecified atom stereocenters. The molecule has 0 saturated heterocycles. The summed E-state index contributed by atoms with van der Waals surface area (Å²) in [5, 5.41) is 4.03. The molecule has 0 aromatic carbocycles. The van der Waals surface area contributed by atoms with Gasteiger partial charge in [0.1, 0.15) is 10.9 Å². The molecule has 0 spiro atoms. The molecule has 0 atom stereocenters. The number of hydrogen-bond acceptors (Lipinski definition) is 5. The van der Waals surface area contributed by atoms with E-state index in [4.69, 9.17) is 4.84 Å². The van der Waals surface area contributed by atoms with E-state index in [1.165, 1.54) is 35.9 Å². The Morgan fingerprint density at radius 1 is 1.48 bits per heavy atom. The van der Waals surface area contributed by atoms with E-state index in [1.54, 1.807) is 6.20 Å². The fourth-order valence-electron chi connectivity index (χ4n) is 1.38. The summed E-state index contributed by atoms with van der Waals surface area (Å²) in [6, 6.07) is 0. The lowest BCUT2D eigenvalue weighted by Gasteiger charge is -1.98. The second-order valence-electron chi connectivity index (χ2n) is 4.67. The van der Waals surface area contributed by atoms with Gasteiger partial charge in [0.2, 0.25) is 0 Å². The summed E-state index contributed by atoms with van der Waals surface area (Å²) in [6.07, 6.45) is 1.54. The summed E-state index contributed by atoms with van der Waals surface area (Å²) in [6.45, 7) is 2.48. The van der Waals surface area contributed by atoms with Crippen molar-refractivity contribution in [2.45, 2.75) is 30.5 Å². The first kappa shape index (κ1) is 16.4. The molecule has 116 valence electrons. The zero-order valence-electron chi connectivity index (χ0n) is 11.4. The Labute approximate surface area is 129 Å². The largest absolute Gasteiger partial charge is 0.395 e. The zero-order chi connectivity index (χ0) is 15.2. The second kappa shape index (κ2) is 7.84. The average Bonchev–Trinajstić information content (AvgIpc) is 3.14. The standard InChI is InChI=1S/C13H15F3N2OS2/c1-8(18-19-7-9-2-3-9)11-6-17-13(21-11)20-5-4-10(14)12(15)16/h6,9H,2-5,7H2,1H3/b18-8+. The summed E-state index contributed by atoms with van der Waals surface area (Å²) in [7, 11) is 0. The van der Waals surface area contributed by atoms with Gasteiger partial charge in [-0.15, -0.1) is 11.3 Å². The highest BCUT2D eigenvalue weighted by molar-refractivity contribution is 8.01. The lowest BCUT2D eigenvalue weighted by atomic mass is 10.4. The van der Waals surface area contributed by atoms with Gasteiger partial charge in [-0.3, -0.25) is 0 Å². The van der Waals surface area contributed by atoms with Crippen molar-refractivity contribution in [2.24, 2.45) is 11.1 Å². The summed E-state index contributed by atoms with van der Waals surface area (Å²) >= 11 is 2.64. The minimum Gasteiger partial charge on any atom is -0.395 e. The molecule has 1 heterocycles. The Morgan fingerprint density at radius 2 is 2.24 bits per heavy atom. The molecule has 0 aliphatic heterocycles. The maximum atomic E-state index is 12.6. The van der Waals surface area contributed by atoms with Crippen molar-refractivity contribution in [3.8, 4) is 0 Å². The predicted octanol–water partition coefficient (Wildman–Crippen LogP) is 4.85. The lowest BCUT2D eigenvalue weighted by molar-refractivity contribution is 0.134. The highest BCUT2D eigenvalue weighted by Gasteiger charge is 2.21. The van der Waals surface area contributed by atoms with Gasteiger partial charge in [-0.2, -0.15) is 8.78 Å². The predicted molar refractivity (Wildman–Crippen MR) is 78.7 cm³/mol. The Kier molecular flexibility index (Phi) is 6.10. The minimum absolute atomic E-state index is 0.227. The molecule has 8 heteroatoms. The van der Waals surface area contributed by atoms with Gasteiger partial charge in [0.25, 0.3) is 0 Å². The van der Waals surface area contributed by atoms with Gasteiger partial charge in [-0.05, 0) is 25.7 Å². The van der Waals surface area contributed by atoms with Gasteiger partial charge in [0.05, 0.1) is 10.6 Å². The molecular weight excluding hydrogens is 321 g/mol. The normalized spacial score (nSPS) is 15.1. The number of oxime groups is 1. The van der Waals surface area contributed by atoms with Gasteiger partial charge in [0.15, 0.2) is 5.83 Å². The molecule has 1 saturated carbocycles. The molecule has 0 amide bonds. The summed E-state index contributed by atoms with van der Waals surface area (Å²) in [5.74, 6) is -0.483. The number of thioether (sulfide) groups is 1. The van der Waals surface area contributed by atoms with Crippen molar-refractivity contribution in [3.63, 3.8) is 0 Å². The van der Waals surface area contributed by atoms with Crippen LogP contribution < -0.4 is 0 Å². The smallest absolute Gasteiger partial charge is 0.301 e. The fraction of sp³-hybridized carbons (Fsp3) is 0.538. The molecule has 1 fully saturated rings. The molecule has 1 aromatic rings. The van der Waals surface area contributed by atoms with Gasteiger partial charge in [-0.25, -0.2) is 9.37 Å². The molecule has 1 aromatic heterocycles.